The van der Waals surface area contributed by atoms with Gasteiger partial charge < -0.3 is 10.3 Å². The van der Waals surface area contributed by atoms with E-state index in [1.807, 2.05) is 23.5 Å². The van der Waals surface area contributed by atoms with Crippen LogP contribution < -0.4 is 5.73 Å². The van der Waals surface area contributed by atoms with Crippen molar-refractivity contribution in [3.8, 4) is 11.5 Å². The first kappa shape index (κ1) is 14.7. The summed E-state index contributed by atoms with van der Waals surface area (Å²) in [4.78, 5) is 4.48. The van der Waals surface area contributed by atoms with Crippen molar-refractivity contribution in [2.24, 2.45) is 0 Å². The maximum absolute atomic E-state index is 13.1. The molecule has 1 aromatic carbocycles. The number of hydrogen-bond donors (Lipinski definition) is 1. The minimum atomic E-state index is -0.374. The van der Waals surface area contributed by atoms with Gasteiger partial charge in [0.15, 0.2) is 5.82 Å². The van der Waals surface area contributed by atoms with Gasteiger partial charge in [-0.05, 0) is 24.6 Å². The van der Waals surface area contributed by atoms with Gasteiger partial charge in [-0.1, -0.05) is 12.1 Å². The fraction of sp³-hybridized carbons (Fsp3) is 0.429. The van der Waals surface area contributed by atoms with Crippen LogP contribution in [0.3, 0.4) is 0 Å². The van der Waals surface area contributed by atoms with Crippen LogP contribution in [0, 0.1) is 5.82 Å². The highest BCUT2D eigenvalue weighted by Gasteiger charge is 2.30. The van der Waals surface area contributed by atoms with E-state index in [1.54, 1.807) is 6.07 Å². The van der Waals surface area contributed by atoms with Crippen LogP contribution >= 0.6 is 23.5 Å². The van der Waals surface area contributed by atoms with Crippen LogP contribution in [-0.4, -0.2) is 26.9 Å². The Balaban J connectivity index is 1.89. The number of halogens is 1. The summed E-state index contributed by atoms with van der Waals surface area (Å²) >= 11 is 3.83. The first-order valence-electron chi connectivity index (χ1n) is 6.81. The summed E-state index contributed by atoms with van der Waals surface area (Å²) < 4.78 is 18.4. The highest BCUT2D eigenvalue weighted by Crippen LogP contribution is 2.43. The first-order valence-corrected chi connectivity index (χ1v) is 8.91. The second-order valence-electron chi connectivity index (χ2n) is 4.80. The van der Waals surface area contributed by atoms with Gasteiger partial charge in [-0.15, -0.1) is 11.8 Å². The lowest BCUT2D eigenvalue weighted by Crippen LogP contribution is -2.19. The van der Waals surface area contributed by atoms with Crippen LogP contribution in [-0.2, 0) is 0 Å². The Labute approximate surface area is 131 Å². The molecule has 3 rings (SSSR count). The molecular weight excluding hydrogens is 309 g/mol. The van der Waals surface area contributed by atoms with E-state index in [1.165, 1.54) is 12.1 Å². The van der Waals surface area contributed by atoms with E-state index < -0.39 is 0 Å². The smallest absolute Gasteiger partial charge is 0.260 e. The molecule has 0 saturated carbocycles. The molecule has 2 atom stereocenters. The third kappa shape index (κ3) is 3.03. The summed E-state index contributed by atoms with van der Waals surface area (Å²) in [7, 11) is 0. The fourth-order valence-corrected chi connectivity index (χ4v) is 5.31. The minimum absolute atomic E-state index is 0.243. The van der Waals surface area contributed by atoms with Crippen molar-refractivity contribution in [1.82, 2.24) is 10.1 Å². The molecule has 0 spiro atoms. The van der Waals surface area contributed by atoms with E-state index in [0.29, 0.717) is 28.2 Å². The van der Waals surface area contributed by atoms with Crippen LogP contribution in [0.1, 0.15) is 24.4 Å². The van der Waals surface area contributed by atoms with Crippen molar-refractivity contribution >= 4 is 29.2 Å². The predicted octanol–water partition coefficient (Wildman–Crippen LogP) is 3.76. The lowest BCUT2D eigenvalue weighted by molar-refractivity contribution is 0.421. The Bertz CT molecular complexity index is 634. The lowest BCUT2D eigenvalue weighted by atomic mass is 10.2. The molecule has 0 radical (unpaired) electrons. The van der Waals surface area contributed by atoms with Crippen molar-refractivity contribution in [2.45, 2.75) is 23.8 Å². The number of benzene rings is 1. The predicted molar refractivity (Wildman–Crippen MR) is 85.8 cm³/mol. The molecular formula is C14H16FN3OS2. The number of nitrogen functional groups attached to an aromatic ring is 1. The van der Waals surface area contributed by atoms with Gasteiger partial charge in [0.2, 0.25) is 0 Å². The molecule has 2 unspecified atom stereocenters. The molecule has 112 valence electrons. The van der Waals surface area contributed by atoms with E-state index >= 15 is 0 Å². The Kier molecular flexibility index (Phi) is 4.40. The molecule has 2 heterocycles. The van der Waals surface area contributed by atoms with Crippen LogP contribution in [0.15, 0.2) is 22.7 Å². The third-order valence-corrected chi connectivity index (χ3v) is 6.64. The van der Waals surface area contributed by atoms with Gasteiger partial charge >= 0.3 is 0 Å². The fourth-order valence-electron chi connectivity index (χ4n) is 2.33. The topological polar surface area (TPSA) is 64.9 Å². The summed E-state index contributed by atoms with van der Waals surface area (Å²) in [5.74, 6) is 2.94. The van der Waals surface area contributed by atoms with E-state index in [2.05, 4.69) is 17.1 Å². The Morgan fingerprint density at radius 2 is 2.19 bits per heavy atom. The summed E-state index contributed by atoms with van der Waals surface area (Å²) in [6, 6.07) is 4.18. The second kappa shape index (κ2) is 6.27. The minimum Gasteiger partial charge on any atom is -0.398 e. The average molecular weight is 325 g/mol. The summed E-state index contributed by atoms with van der Waals surface area (Å²) in [6.45, 7) is 2.18. The molecule has 1 saturated heterocycles. The molecule has 0 bridgehead atoms. The first-order chi connectivity index (χ1) is 10.2. The van der Waals surface area contributed by atoms with Crippen molar-refractivity contribution in [2.75, 3.05) is 17.2 Å². The zero-order valence-electron chi connectivity index (χ0n) is 11.6. The number of nitrogens with zero attached hydrogens (tertiary/aromatic N) is 2. The molecule has 4 nitrogen and oxygen atoms in total. The molecule has 2 N–H and O–H groups in total. The van der Waals surface area contributed by atoms with Gasteiger partial charge in [0.25, 0.3) is 5.89 Å². The van der Waals surface area contributed by atoms with Crippen LogP contribution in [0.2, 0.25) is 0 Å². The molecule has 2 aromatic rings. The van der Waals surface area contributed by atoms with Gasteiger partial charge in [0.05, 0.1) is 10.8 Å². The maximum atomic E-state index is 13.1. The number of rotatable bonds is 3. The second-order valence-corrected chi connectivity index (χ2v) is 7.39. The van der Waals surface area contributed by atoms with Gasteiger partial charge in [-0.2, -0.15) is 16.7 Å². The quantitative estimate of drug-likeness (QED) is 0.867. The SMILES string of the molecule is CCC1SCCSC1c1noc(-c2ccc(F)cc2N)n1. The standard InChI is InChI=1S/C14H16FN3OS2/c1-2-11-12(21-6-5-20-11)13-17-14(19-18-13)9-4-3-8(15)7-10(9)16/h3-4,7,11-12H,2,5-6,16H2,1H3. The largest absolute Gasteiger partial charge is 0.398 e. The highest BCUT2D eigenvalue weighted by atomic mass is 32.2. The molecule has 0 amide bonds. The third-order valence-electron chi connectivity index (χ3n) is 3.39. The molecule has 1 aromatic heterocycles. The number of nitrogens with two attached hydrogens (primary N) is 1. The van der Waals surface area contributed by atoms with E-state index in [9.17, 15) is 4.39 Å². The van der Waals surface area contributed by atoms with Gasteiger partial charge in [-0.25, -0.2) is 4.39 Å². The molecule has 21 heavy (non-hydrogen) atoms. The lowest BCUT2D eigenvalue weighted by Gasteiger charge is -2.27. The van der Waals surface area contributed by atoms with E-state index in [0.717, 1.165) is 17.9 Å². The molecule has 7 heteroatoms. The average Bonchev–Trinajstić information content (AvgIpc) is 2.96. The molecule has 1 aliphatic rings. The van der Waals surface area contributed by atoms with Gasteiger partial charge in [0.1, 0.15) is 5.82 Å². The number of aromatic nitrogens is 2. The number of anilines is 1. The number of hydrogen-bond acceptors (Lipinski definition) is 6. The van der Waals surface area contributed by atoms with Crippen LogP contribution in [0.4, 0.5) is 10.1 Å². The van der Waals surface area contributed by atoms with Crippen molar-refractivity contribution < 1.29 is 8.91 Å². The van der Waals surface area contributed by atoms with Crippen LogP contribution in [0.5, 0.6) is 0 Å². The van der Waals surface area contributed by atoms with Gasteiger partial charge in [-0.3, -0.25) is 0 Å². The monoisotopic (exact) mass is 325 g/mol. The Morgan fingerprint density at radius 3 is 2.95 bits per heavy atom. The zero-order chi connectivity index (χ0) is 14.8. The molecule has 0 aliphatic carbocycles. The zero-order valence-corrected chi connectivity index (χ0v) is 13.2. The van der Waals surface area contributed by atoms with Crippen molar-refractivity contribution in [3.63, 3.8) is 0 Å². The Hall–Kier alpha value is -1.21. The summed E-state index contributed by atoms with van der Waals surface area (Å²) in [5, 5.41) is 4.85. The molecule has 1 fully saturated rings. The summed E-state index contributed by atoms with van der Waals surface area (Å²) in [5.41, 5.74) is 6.71. The van der Waals surface area contributed by atoms with Crippen molar-refractivity contribution in [3.05, 3.63) is 29.8 Å². The Morgan fingerprint density at radius 1 is 1.38 bits per heavy atom. The normalized spacial score (nSPS) is 22.4. The van der Waals surface area contributed by atoms with E-state index in [-0.39, 0.29) is 11.1 Å². The molecule has 1 aliphatic heterocycles. The van der Waals surface area contributed by atoms with Crippen molar-refractivity contribution in [1.29, 1.82) is 0 Å². The van der Waals surface area contributed by atoms with Crippen LogP contribution in [0.25, 0.3) is 11.5 Å². The highest BCUT2D eigenvalue weighted by molar-refractivity contribution is 8.06. The van der Waals surface area contributed by atoms with E-state index in [4.69, 9.17) is 10.3 Å². The maximum Gasteiger partial charge on any atom is 0.260 e. The van der Waals surface area contributed by atoms with Gasteiger partial charge in [0, 0.05) is 22.4 Å². The number of thioether (sulfide) groups is 2. The summed E-state index contributed by atoms with van der Waals surface area (Å²) in [6.07, 6.45) is 1.07.